The Hall–Kier alpha value is -3.46. The minimum Gasteiger partial charge on any atom is -0.452 e. The number of nitrogens with one attached hydrogen (secondary N) is 2. The molecule has 0 unspecified atom stereocenters. The van der Waals surface area contributed by atoms with Crippen LogP contribution in [0.4, 0.5) is 11.4 Å². The van der Waals surface area contributed by atoms with Gasteiger partial charge < -0.3 is 15.4 Å². The number of amides is 2. The molecule has 0 radical (unpaired) electrons. The van der Waals surface area contributed by atoms with E-state index in [1.165, 1.54) is 23.5 Å². The van der Waals surface area contributed by atoms with Gasteiger partial charge in [0.05, 0.1) is 27.5 Å². The van der Waals surface area contributed by atoms with E-state index in [1.54, 1.807) is 42.9 Å². The maximum Gasteiger partial charge on any atom is 0.338 e. The molecule has 0 saturated carbocycles. The predicted molar refractivity (Wildman–Crippen MR) is 110 cm³/mol. The number of anilines is 2. The number of nitrogens with zero attached hydrogens (tertiary/aromatic N) is 2. The first-order valence-corrected chi connectivity index (χ1v) is 9.65. The van der Waals surface area contributed by atoms with Crippen LogP contribution in [-0.2, 0) is 16.6 Å². The Balaban J connectivity index is 1.52. The van der Waals surface area contributed by atoms with E-state index in [4.69, 9.17) is 4.74 Å². The molecule has 0 saturated heterocycles. The van der Waals surface area contributed by atoms with Crippen molar-refractivity contribution in [3.8, 4) is 0 Å². The lowest BCUT2D eigenvalue weighted by atomic mass is 10.2. The molecule has 150 valence electrons. The lowest BCUT2D eigenvalue weighted by Crippen LogP contribution is -2.21. The Labute approximate surface area is 171 Å². The van der Waals surface area contributed by atoms with E-state index < -0.39 is 18.5 Å². The molecule has 2 N–H and O–H groups in total. The van der Waals surface area contributed by atoms with Gasteiger partial charge in [0.1, 0.15) is 0 Å². The standard InChI is InChI=1S/C20H20N4O4S/c1-12-18(13(2)24(3)23-12)22-17(25)11-28-20(27)14-6-8-15(9-7-14)21-19(26)16-5-4-10-29-16/h4-10H,11H2,1-3H3,(H,21,26)(H,22,25). The van der Waals surface area contributed by atoms with Crippen LogP contribution < -0.4 is 10.6 Å². The fourth-order valence-corrected chi connectivity index (χ4v) is 3.25. The van der Waals surface area contributed by atoms with Gasteiger partial charge in [0.25, 0.3) is 11.8 Å². The summed E-state index contributed by atoms with van der Waals surface area (Å²) in [6, 6.07) is 9.78. The molecule has 2 heterocycles. The number of carbonyl (C=O) groups is 3. The number of thiophene rings is 1. The van der Waals surface area contributed by atoms with Gasteiger partial charge in [-0.25, -0.2) is 4.79 Å². The van der Waals surface area contributed by atoms with E-state index in [9.17, 15) is 14.4 Å². The van der Waals surface area contributed by atoms with E-state index in [1.807, 2.05) is 12.3 Å². The summed E-state index contributed by atoms with van der Waals surface area (Å²) in [4.78, 5) is 36.9. The van der Waals surface area contributed by atoms with Gasteiger partial charge in [0.2, 0.25) is 0 Å². The van der Waals surface area contributed by atoms with Crippen LogP contribution in [0, 0.1) is 13.8 Å². The number of benzene rings is 1. The molecule has 3 aromatic rings. The largest absolute Gasteiger partial charge is 0.452 e. The summed E-state index contributed by atoms with van der Waals surface area (Å²) in [6.07, 6.45) is 0. The highest BCUT2D eigenvalue weighted by Crippen LogP contribution is 2.18. The highest BCUT2D eigenvalue weighted by molar-refractivity contribution is 7.12. The van der Waals surface area contributed by atoms with Gasteiger partial charge in [-0.2, -0.15) is 5.10 Å². The van der Waals surface area contributed by atoms with Crippen molar-refractivity contribution < 1.29 is 19.1 Å². The van der Waals surface area contributed by atoms with Crippen molar-refractivity contribution in [3.05, 3.63) is 63.6 Å². The van der Waals surface area contributed by atoms with E-state index >= 15 is 0 Å². The van der Waals surface area contributed by atoms with Crippen LogP contribution in [0.5, 0.6) is 0 Å². The predicted octanol–water partition coefficient (Wildman–Crippen LogP) is 3.15. The van der Waals surface area contributed by atoms with Crippen molar-refractivity contribution in [1.29, 1.82) is 0 Å². The Bertz CT molecular complexity index is 1040. The van der Waals surface area contributed by atoms with E-state index in [2.05, 4.69) is 15.7 Å². The maximum absolute atomic E-state index is 12.2. The van der Waals surface area contributed by atoms with E-state index in [0.717, 1.165) is 5.69 Å². The molecule has 0 aliphatic rings. The van der Waals surface area contributed by atoms with Gasteiger partial charge in [-0.05, 0) is 49.6 Å². The second-order valence-corrected chi connectivity index (χ2v) is 7.25. The first-order chi connectivity index (χ1) is 13.8. The number of esters is 1. The lowest BCUT2D eigenvalue weighted by Gasteiger charge is -2.08. The maximum atomic E-state index is 12.2. The zero-order valence-corrected chi connectivity index (χ0v) is 17.0. The van der Waals surface area contributed by atoms with Gasteiger partial charge >= 0.3 is 5.97 Å². The highest BCUT2D eigenvalue weighted by Gasteiger charge is 2.15. The molecular weight excluding hydrogens is 392 g/mol. The fraction of sp³-hybridized carbons (Fsp3) is 0.200. The summed E-state index contributed by atoms with van der Waals surface area (Å²) in [7, 11) is 1.78. The number of ether oxygens (including phenoxy) is 1. The summed E-state index contributed by atoms with van der Waals surface area (Å²) in [5.74, 6) is -1.29. The number of hydrogen-bond donors (Lipinski definition) is 2. The van der Waals surface area contributed by atoms with Crippen LogP contribution in [-0.4, -0.2) is 34.2 Å². The smallest absolute Gasteiger partial charge is 0.338 e. The second-order valence-electron chi connectivity index (χ2n) is 6.30. The molecular formula is C20H20N4O4S. The summed E-state index contributed by atoms with van der Waals surface area (Å²) in [5, 5.41) is 11.5. The molecule has 1 aromatic carbocycles. The molecule has 8 nitrogen and oxygen atoms in total. The molecule has 9 heteroatoms. The van der Waals surface area contributed by atoms with Crippen molar-refractivity contribution in [1.82, 2.24) is 9.78 Å². The van der Waals surface area contributed by atoms with Crippen molar-refractivity contribution in [2.75, 3.05) is 17.2 Å². The molecule has 0 spiro atoms. The topological polar surface area (TPSA) is 102 Å². The van der Waals surface area contributed by atoms with Gasteiger partial charge in [-0.1, -0.05) is 6.07 Å². The van der Waals surface area contributed by atoms with Crippen LogP contribution in [0.1, 0.15) is 31.4 Å². The summed E-state index contributed by atoms with van der Waals surface area (Å²) < 4.78 is 6.73. The third kappa shape index (κ3) is 4.88. The van der Waals surface area contributed by atoms with Crippen molar-refractivity contribution >= 4 is 40.5 Å². The Morgan fingerprint density at radius 1 is 1.10 bits per heavy atom. The average molecular weight is 412 g/mol. The van der Waals surface area contributed by atoms with Crippen molar-refractivity contribution in [2.45, 2.75) is 13.8 Å². The summed E-state index contributed by atoms with van der Waals surface area (Å²) in [6.45, 7) is 3.21. The lowest BCUT2D eigenvalue weighted by molar-refractivity contribution is -0.119. The molecule has 0 aliphatic carbocycles. The zero-order valence-electron chi connectivity index (χ0n) is 16.2. The van der Waals surface area contributed by atoms with Crippen LogP contribution in [0.3, 0.4) is 0 Å². The molecule has 2 aromatic heterocycles. The van der Waals surface area contributed by atoms with E-state index in [-0.39, 0.29) is 11.5 Å². The molecule has 0 bridgehead atoms. The quantitative estimate of drug-likeness (QED) is 0.606. The van der Waals surface area contributed by atoms with Gasteiger partial charge in [-0.3, -0.25) is 14.3 Å². The Morgan fingerprint density at radius 2 is 1.83 bits per heavy atom. The third-order valence-corrected chi connectivity index (χ3v) is 5.10. The van der Waals surface area contributed by atoms with Crippen molar-refractivity contribution in [2.24, 2.45) is 7.05 Å². The SMILES string of the molecule is Cc1nn(C)c(C)c1NC(=O)COC(=O)c1ccc(NC(=O)c2cccs2)cc1. The first-order valence-electron chi connectivity index (χ1n) is 8.77. The average Bonchev–Trinajstić information content (AvgIpc) is 3.32. The normalized spacial score (nSPS) is 10.4. The molecule has 0 fully saturated rings. The summed E-state index contributed by atoms with van der Waals surface area (Å²) in [5.41, 5.74) is 2.94. The number of aryl methyl sites for hydroxylation is 2. The minimum atomic E-state index is -0.629. The third-order valence-electron chi connectivity index (χ3n) is 4.23. The van der Waals surface area contributed by atoms with Crippen LogP contribution in [0.2, 0.25) is 0 Å². The van der Waals surface area contributed by atoms with Crippen LogP contribution in [0.25, 0.3) is 0 Å². The number of rotatable bonds is 6. The highest BCUT2D eigenvalue weighted by atomic mass is 32.1. The Kier molecular flexibility index (Phi) is 6.08. The first kappa shape index (κ1) is 20.3. The Morgan fingerprint density at radius 3 is 2.41 bits per heavy atom. The monoisotopic (exact) mass is 412 g/mol. The molecule has 0 atom stereocenters. The summed E-state index contributed by atoms with van der Waals surface area (Å²) >= 11 is 1.34. The molecule has 29 heavy (non-hydrogen) atoms. The van der Waals surface area contributed by atoms with Crippen LogP contribution in [0.15, 0.2) is 41.8 Å². The molecule has 3 rings (SSSR count). The van der Waals surface area contributed by atoms with Gasteiger partial charge in [0, 0.05) is 12.7 Å². The number of carbonyl (C=O) groups excluding carboxylic acids is 3. The van der Waals surface area contributed by atoms with Gasteiger partial charge in [0.15, 0.2) is 6.61 Å². The van der Waals surface area contributed by atoms with Crippen molar-refractivity contribution in [3.63, 3.8) is 0 Å². The number of aromatic nitrogens is 2. The minimum absolute atomic E-state index is 0.215. The molecule has 2 amide bonds. The van der Waals surface area contributed by atoms with Gasteiger partial charge in [-0.15, -0.1) is 11.3 Å². The van der Waals surface area contributed by atoms with E-state index in [0.29, 0.717) is 21.9 Å². The number of hydrogen-bond acceptors (Lipinski definition) is 6. The van der Waals surface area contributed by atoms with Crippen LogP contribution >= 0.6 is 11.3 Å². The fourth-order valence-electron chi connectivity index (χ4n) is 2.63. The zero-order chi connectivity index (χ0) is 21.0. The second kappa shape index (κ2) is 8.70. The molecule has 0 aliphatic heterocycles.